The Balaban J connectivity index is 1.82. The van der Waals surface area contributed by atoms with E-state index in [1.54, 1.807) is 12.1 Å². The van der Waals surface area contributed by atoms with Gasteiger partial charge in [0.15, 0.2) is 0 Å². The fourth-order valence-electron chi connectivity index (χ4n) is 1.73. The summed E-state index contributed by atoms with van der Waals surface area (Å²) in [4.78, 5) is 0. The van der Waals surface area contributed by atoms with Crippen molar-refractivity contribution in [3.05, 3.63) is 24.3 Å². The minimum atomic E-state index is 0.318. The first kappa shape index (κ1) is 9.34. The second-order valence-corrected chi connectivity index (χ2v) is 3.79. The van der Waals surface area contributed by atoms with E-state index in [2.05, 4.69) is 10.6 Å². The average Bonchev–Trinajstić information content (AvgIpc) is 2.70. The first-order valence-corrected chi connectivity index (χ1v) is 5.08. The van der Waals surface area contributed by atoms with Crippen molar-refractivity contribution in [1.82, 2.24) is 5.32 Å². The van der Waals surface area contributed by atoms with Crippen molar-refractivity contribution in [2.45, 2.75) is 6.42 Å². The molecular weight excluding hydrogens is 176 g/mol. The summed E-state index contributed by atoms with van der Waals surface area (Å²) < 4.78 is 0. The molecule has 1 aliphatic heterocycles. The van der Waals surface area contributed by atoms with Crippen LogP contribution in [-0.2, 0) is 0 Å². The zero-order chi connectivity index (χ0) is 9.80. The van der Waals surface area contributed by atoms with Gasteiger partial charge in [-0.15, -0.1) is 0 Å². The minimum Gasteiger partial charge on any atom is -0.508 e. The molecular formula is C11H16N2O. The van der Waals surface area contributed by atoms with Gasteiger partial charge in [0, 0.05) is 12.2 Å². The third kappa shape index (κ3) is 2.39. The van der Waals surface area contributed by atoms with Crippen LogP contribution < -0.4 is 10.6 Å². The second kappa shape index (κ2) is 4.33. The first-order valence-electron chi connectivity index (χ1n) is 5.08. The van der Waals surface area contributed by atoms with E-state index in [0.717, 1.165) is 31.2 Å². The van der Waals surface area contributed by atoms with Gasteiger partial charge < -0.3 is 15.7 Å². The van der Waals surface area contributed by atoms with E-state index in [1.165, 1.54) is 6.42 Å². The van der Waals surface area contributed by atoms with Crippen LogP contribution >= 0.6 is 0 Å². The lowest BCUT2D eigenvalue weighted by molar-refractivity contribution is 0.475. The molecule has 1 heterocycles. The minimum absolute atomic E-state index is 0.318. The number of nitrogens with one attached hydrogen (secondary N) is 2. The van der Waals surface area contributed by atoms with Gasteiger partial charge in [-0.2, -0.15) is 0 Å². The summed E-state index contributed by atoms with van der Waals surface area (Å²) >= 11 is 0. The molecule has 1 unspecified atom stereocenters. The van der Waals surface area contributed by atoms with Crippen LogP contribution in [0.4, 0.5) is 5.69 Å². The Hall–Kier alpha value is -1.22. The third-order valence-electron chi connectivity index (χ3n) is 2.62. The van der Waals surface area contributed by atoms with Crippen molar-refractivity contribution >= 4 is 5.69 Å². The second-order valence-electron chi connectivity index (χ2n) is 3.79. The number of anilines is 1. The molecule has 14 heavy (non-hydrogen) atoms. The van der Waals surface area contributed by atoms with Crippen LogP contribution in [0.3, 0.4) is 0 Å². The third-order valence-corrected chi connectivity index (χ3v) is 2.62. The van der Waals surface area contributed by atoms with Crippen LogP contribution in [0.2, 0.25) is 0 Å². The molecule has 76 valence electrons. The maximum Gasteiger partial charge on any atom is 0.115 e. The topological polar surface area (TPSA) is 44.3 Å². The fourth-order valence-corrected chi connectivity index (χ4v) is 1.73. The van der Waals surface area contributed by atoms with Gasteiger partial charge in [0.2, 0.25) is 0 Å². The highest BCUT2D eigenvalue weighted by atomic mass is 16.3. The van der Waals surface area contributed by atoms with E-state index in [4.69, 9.17) is 5.11 Å². The standard InChI is InChI=1S/C11H16N2O/c14-11-3-1-10(2-4-11)13-8-9-5-6-12-7-9/h1-4,9,12-14H,5-8H2. The maximum atomic E-state index is 9.10. The number of phenols is 1. The lowest BCUT2D eigenvalue weighted by atomic mass is 10.1. The molecule has 1 aromatic rings. The molecule has 2 rings (SSSR count). The Kier molecular flexibility index (Phi) is 2.89. The largest absolute Gasteiger partial charge is 0.508 e. The number of hydrogen-bond donors (Lipinski definition) is 3. The van der Waals surface area contributed by atoms with Gasteiger partial charge in [0.1, 0.15) is 5.75 Å². The lowest BCUT2D eigenvalue weighted by Gasteiger charge is -2.10. The van der Waals surface area contributed by atoms with Crippen LogP contribution in [-0.4, -0.2) is 24.7 Å². The van der Waals surface area contributed by atoms with Crippen LogP contribution in [0.1, 0.15) is 6.42 Å². The van der Waals surface area contributed by atoms with Crippen molar-refractivity contribution in [1.29, 1.82) is 0 Å². The lowest BCUT2D eigenvalue weighted by Crippen LogP contribution is -2.17. The molecule has 1 aliphatic rings. The molecule has 0 bridgehead atoms. The Bertz CT molecular complexity index is 278. The van der Waals surface area contributed by atoms with E-state index in [1.807, 2.05) is 12.1 Å². The van der Waals surface area contributed by atoms with Crippen molar-refractivity contribution in [3.63, 3.8) is 0 Å². The van der Waals surface area contributed by atoms with Crippen molar-refractivity contribution < 1.29 is 5.11 Å². The van der Waals surface area contributed by atoms with Crippen molar-refractivity contribution in [2.75, 3.05) is 25.0 Å². The van der Waals surface area contributed by atoms with E-state index >= 15 is 0 Å². The molecule has 0 radical (unpaired) electrons. The molecule has 1 saturated heterocycles. The van der Waals surface area contributed by atoms with Crippen LogP contribution in [0.5, 0.6) is 5.75 Å². The highest BCUT2D eigenvalue weighted by Crippen LogP contribution is 2.15. The number of rotatable bonds is 3. The molecule has 1 fully saturated rings. The molecule has 0 amide bonds. The summed E-state index contributed by atoms with van der Waals surface area (Å²) in [6.07, 6.45) is 1.26. The van der Waals surface area contributed by atoms with E-state index in [-0.39, 0.29) is 0 Å². The van der Waals surface area contributed by atoms with E-state index < -0.39 is 0 Å². The summed E-state index contributed by atoms with van der Waals surface area (Å²) in [5.41, 5.74) is 1.08. The van der Waals surface area contributed by atoms with Crippen molar-refractivity contribution in [3.8, 4) is 5.75 Å². The normalized spacial score (nSPS) is 21.0. The number of phenolic OH excluding ortho intramolecular Hbond substituents is 1. The predicted octanol–water partition coefficient (Wildman–Crippen LogP) is 1.41. The summed E-state index contributed by atoms with van der Waals surface area (Å²) in [6, 6.07) is 7.21. The van der Waals surface area contributed by atoms with Gasteiger partial charge in [0.25, 0.3) is 0 Å². The van der Waals surface area contributed by atoms with Gasteiger partial charge in [-0.25, -0.2) is 0 Å². The molecule has 0 aliphatic carbocycles. The van der Waals surface area contributed by atoms with Gasteiger partial charge in [-0.3, -0.25) is 0 Å². The Morgan fingerprint density at radius 3 is 2.79 bits per heavy atom. The summed E-state index contributed by atoms with van der Waals surface area (Å²) in [7, 11) is 0. The zero-order valence-corrected chi connectivity index (χ0v) is 8.16. The van der Waals surface area contributed by atoms with Gasteiger partial charge in [-0.1, -0.05) is 0 Å². The number of hydrogen-bond acceptors (Lipinski definition) is 3. The maximum absolute atomic E-state index is 9.10. The number of aromatic hydroxyl groups is 1. The predicted molar refractivity (Wildman–Crippen MR) is 57.6 cm³/mol. The monoisotopic (exact) mass is 192 g/mol. The highest BCUT2D eigenvalue weighted by Gasteiger charge is 2.13. The fraction of sp³-hybridized carbons (Fsp3) is 0.455. The molecule has 0 saturated carbocycles. The summed E-state index contributed by atoms with van der Waals surface area (Å²) in [6.45, 7) is 3.27. The smallest absolute Gasteiger partial charge is 0.115 e. The van der Waals surface area contributed by atoms with E-state index in [9.17, 15) is 0 Å². The average molecular weight is 192 g/mol. The summed E-state index contributed by atoms with van der Waals surface area (Å²) in [5, 5.41) is 15.8. The van der Waals surface area contributed by atoms with E-state index in [0.29, 0.717) is 5.75 Å². The zero-order valence-electron chi connectivity index (χ0n) is 8.16. The van der Waals surface area contributed by atoms with Gasteiger partial charge in [-0.05, 0) is 49.7 Å². The van der Waals surface area contributed by atoms with Gasteiger partial charge in [0.05, 0.1) is 0 Å². The molecule has 0 aromatic heterocycles. The Morgan fingerprint density at radius 1 is 1.36 bits per heavy atom. The first-order chi connectivity index (χ1) is 6.84. The Labute approximate surface area is 84.1 Å². The molecule has 1 aromatic carbocycles. The quantitative estimate of drug-likeness (QED) is 0.634. The molecule has 3 heteroatoms. The molecule has 3 N–H and O–H groups in total. The molecule has 3 nitrogen and oxygen atoms in total. The SMILES string of the molecule is Oc1ccc(NCC2CCNC2)cc1. The molecule has 0 spiro atoms. The van der Waals surface area contributed by atoms with Crippen LogP contribution in [0.15, 0.2) is 24.3 Å². The molecule has 1 atom stereocenters. The van der Waals surface area contributed by atoms with Crippen LogP contribution in [0, 0.1) is 5.92 Å². The Morgan fingerprint density at radius 2 is 2.14 bits per heavy atom. The van der Waals surface area contributed by atoms with Gasteiger partial charge >= 0.3 is 0 Å². The summed E-state index contributed by atoms with van der Waals surface area (Å²) in [5.74, 6) is 1.06. The number of benzene rings is 1. The van der Waals surface area contributed by atoms with Crippen molar-refractivity contribution in [2.24, 2.45) is 5.92 Å². The van der Waals surface area contributed by atoms with Crippen LogP contribution in [0.25, 0.3) is 0 Å². The highest BCUT2D eigenvalue weighted by molar-refractivity contribution is 5.45.